The highest BCUT2D eigenvalue weighted by atomic mass is 32.2. The number of nitrogens with zero attached hydrogens (tertiary/aromatic N) is 1. The van der Waals surface area contributed by atoms with Gasteiger partial charge in [-0.3, -0.25) is 4.79 Å². The van der Waals surface area contributed by atoms with E-state index in [9.17, 15) is 4.79 Å². The monoisotopic (exact) mass is 207 g/mol. The van der Waals surface area contributed by atoms with Crippen molar-refractivity contribution >= 4 is 17.7 Å². The topological polar surface area (TPSA) is 33.5 Å². The average molecular weight is 207 g/mol. The maximum Gasteiger partial charge on any atom is 0.234 e. The summed E-state index contributed by atoms with van der Waals surface area (Å²) in [6.07, 6.45) is 6.81. The Morgan fingerprint density at radius 1 is 1.79 bits per heavy atom. The Bertz CT molecular complexity index is 366. The van der Waals surface area contributed by atoms with Crippen molar-refractivity contribution in [1.29, 1.82) is 0 Å². The van der Waals surface area contributed by atoms with E-state index in [2.05, 4.69) is 5.92 Å². The molecule has 4 heteroatoms. The first-order valence-corrected chi connectivity index (χ1v) is 5.25. The van der Waals surface area contributed by atoms with Gasteiger partial charge in [-0.1, -0.05) is 5.92 Å². The van der Waals surface area contributed by atoms with Crippen LogP contribution in [0.1, 0.15) is 11.1 Å². The molecule has 1 unspecified atom stereocenters. The summed E-state index contributed by atoms with van der Waals surface area (Å²) in [7, 11) is 0. The lowest BCUT2D eigenvalue weighted by Crippen LogP contribution is -2.28. The van der Waals surface area contributed by atoms with Crippen LogP contribution < -0.4 is 0 Å². The zero-order valence-electron chi connectivity index (χ0n) is 7.47. The van der Waals surface area contributed by atoms with Crippen LogP contribution in [-0.2, 0) is 4.79 Å². The van der Waals surface area contributed by atoms with Crippen LogP contribution in [0.5, 0.6) is 0 Å². The summed E-state index contributed by atoms with van der Waals surface area (Å²) in [5.74, 6) is 3.83. The van der Waals surface area contributed by atoms with E-state index < -0.39 is 0 Å². The van der Waals surface area contributed by atoms with Crippen molar-refractivity contribution in [2.24, 2.45) is 0 Å². The number of terminal acetylenes is 1. The van der Waals surface area contributed by atoms with Gasteiger partial charge in [0.2, 0.25) is 5.91 Å². The highest BCUT2D eigenvalue weighted by Crippen LogP contribution is 2.38. The van der Waals surface area contributed by atoms with Crippen molar-refractivity contribution in [3.8, 4) is 12.3 Å². The fraction of sp³-hybridized carbons (Fsp3) is 0.300. The van der Waals surface area contributed by atoms with Gasteiger partial charge in [-0.05, 0) is 12.1 Å². The fourth-order valence-electron chi connectivity index (χ4n) is 1.39. The minimum absolute atomic E-state index is 0.0476. The smallest absolute Gasteiger partial charge is 0.234 e. The predicted octanol–water partition coefficient (Wildman–Crippen LogP) is 1.49. The zero-order valence-corrected chi connectivity index (χ0v) is 8.29. The van der Waals surface area contributed by atoms with Gasteiger partial charge in [-0.2, -0.15) is 0 Å². The summed E-state index contributed by atoms with van der Waals surface area (Å²) in [6, 6.07) is 3.67. The van der Waals surface area contributed by atoms with Gasteiger partial charge < -0.3 is 9.32 Å². The molecule has 1 amide bonds. The maximum atomic E-state index is 11.4. The fourth-order valence-corrected chi connectivity index (χ4v) is 2.53. The number of rotatable bonds is 2. The third-order valence-electron chi connectivity index (χ3n) is 2.02. The Kier molecular flexibility index (Phi) is 2.51. The number of furan rings is 1. The first kappa shape index (κ1) is 9.22. The van der Waals surface area contributed by atoms with E-state index in [1.54, 1.807) is 22.9 Å². The minimum atomic E-state index is -0.0476. The molecule has 0 aromatic carbocycles. The molecule has 1 saturated heterocycles. The number of carbonyl (C=O) groups is 1. The molecule has 0 spiro atoms. The van der Waals surface area contributed by atoms with Crippen LogP contribution in [0.25, 0.3) is 0 Å². The van der Waals surface area contributed by atoms with Crippen LogP contribution in [0.4, 0.5) is 0 Å². The van der Waals surface area contributed by atoms with Gasteiger partial charge in [0, 0.05) is 0 Å². The van der Waals surface area contributed by atoms with E-state index in [0.29, 0.717) is 12.3 Å². The first-order valence-electron chi connectivity index (χ1n) is 4.21. The van der Waals surface area contributed by atoms with Gasteiger partial charge in [0.05, 0.1) is 18.6 Å². The first-order chi connectivity index (χ1) is 6.83. The Morgan fingerprint density at radius 3 is 3.29 bits per heavy atom. The molecule has 0 N–H and O–H groups in total. The normalized spacial score (nSPS) is 21.2. The Hall–Kier alpha value is -1.34. The average Bonchev–Trinajstić information content (AvgIpc) is 2.77. The van der Waals surface area contributed by atoms with Crippen LogP contribution in [0.3, 0.4) is 0 Å². The van der Waals surface area contributed by atoms with Crippen molar-refractivity contribution in [3.05, 3.63) is 24.2 Å². The van der Waals surface area contributed by atoms with Crippen molar-refractivity contribution < 1.29 is 9.21 Å². The van der Waals surface area contributed by atoms with Gasteiger partial charge in [0.1, 0.15) is 11.1 Å². The quantitative estimate of drug-likeness (QED) is 0.689. The second-order valence-corrected chi connectivity index (χ2v) is 3.97. The summed E-state index contributed by atoms with van der Waals surface area (Å²) < 4.78 is 5.26. The summed E-state index contributed by atoms with van der Waals surface area (Å²) in [6.45, 7) is 0.344. The highest BCUT2D eigenvalue weighted by molar-refractivity contribution is 8.00. The molecule has 0 bridgehead atoms. The van der Waals surface area contributed by atoms with Crippen LogP contribution in [0, 0.1) is 12.3 Å². The van der Waals surface area contributed by atoms with E-state index in [1.165, 1.54) is 0 Å². The molecule has 1 fully saturated rings. The van der Waals surface area contributed by atoms with Gasteiger partial charge in [0.15, 0.2) is 0 Å². The van der Waals surface area contributed by atoms with Crippen molar-refractivity contribution in [3.63, 3.8) is 0 Å². The molecular formula is C10H9NO2S. The minimum Gasteiger partial charge on any atom is -0.466 e. The van der Waals surface area contributed by atoms with Crippen molar-refractivity contribution in [2.75, 3.05) is 12.3 Å². The van der Waals surface area contributed by atoms with Crippen molar-refractivity contribution in [1.82, 2.24) is 4.90 Å². The summed E-state index contributed by atoms with van der Waals surface area (Å²) >= 11 is 1.54. The molecule has 1 aliphatic heterocycles. The van der Waals surface area contributed by atoms with Gasteiger partial charge in [0.25, 0.3) is 0 Å². The third kappa shape index (κ3) is 1.51. The highest BCUT2D eigenvalue weighted by Gasteiger charge is 2.33. The Morgan fingerprint density at radius 2 is 2.64 bits per heavy atom. The molecule has 2 heterocycles. The van der Waals surface area contributed by atoms with E-state index >= 15 is 0 Å². The van der Waals surface area contributed by atoms with Crippen molar-refractivity contribution in [2.45, 2.75) is 5.37 Å². The molecule has 14 heavy (non-hydrogen) atoms. The second kappa shape index (κ2) is 3.81. The number of carbonyl (C=O) groups excluding carboxylic acids is 1. The van der Waals surface area contributed by atoms with E-state index in [-0.39, 0.29) is 11.3 Å². The van der Waals surface area contributed by atoms with Gasteiger partial charge >= 0.3 is 0 Å². The molecule has 0 radical (unpaired) electrons. The molecule has 1 aromatic rings. The summed E-state index contributed by atoms with van der Waals surface area (Å²) in [5.41, 5.74) is 0. The number of thioether (sulfide) groups is 1. The molecule has 1 aliphatic rings. The maximum absolute atomic E-state index is 11.4. The standard InChI is InChI=1S/C10H9NO2S/c1-2-5-11-9(12)7-14-10(11)8-4-3-6-13-8/h1,3-4,6,10H,5,7H2. The lowest BCUT2D eigenvalue weighted by Gasteiger charge is -2.19. The van der Waals surface area contributed by atoms with Gasteiger partial charge in [-0.15, -0.1) is 18.2 Å². The van der Waals surface area contributed by atoms with Crippen LogP contribution >= 0.6 is 11.8 Å². The summed E-state index contributed by atoms with van der Waals surface area (Å²) in [4.78, 5) is 13.1. The van der Waals surface area contributed by atoms with E-state index in [4.69, 9.17) is 10.8 Å². The summed E-state index contributed by atoms with van der Waals surface area (Å²) in [5, 5.41) is -0.0476. The zero-order chi connectivity index (χ0) is 9.97. The molecule has 3 nitrogen and oxygen atoms in total. The van der Waals surface area contributed by atoms with E-state index in [0.717, 1.165) is 5.76 Å². The molecular weight excluding hydrogens is 198 g/mol. The van der Waals surface area contributed by atoms with E-state index in [1.807, 2.05) is 12.1 Å². The molecule has 0 aliphatic carbocycles. The number of amides is 1. The Labute approximate surface area is 86.5 Å². The van der Waals surface area contributed by atoms with Gasteiger partial charge in [-0.25, -0.2) is 0 Å². The van der Waals surface area contributed by atoms with Crippen LogP contribution in [0.2, 0.25) is 0 Å². The number of hydrogen-bond donors (Lipinski definition) is 0. The largest absolute Gasteiger partial charge is 0.466 e. The third-order valence-corrected chi connectivity index (χ3v) is 3.23. The molecule has 1 atom stereocenters. The lowest BCUT2D eigenvalue weighted by molar-refractivity contribution is -0.127. The predicted molar refractivity (Wildman–Crippen MR) is 54.5 cm³/mol. The molecule has 0 saturated carbocycles. The number of hydrogen-bond acceptors (Lipinski definition) is 3. The van der Waals surface area contributed by atoms with Crippen LogP contribution in [0.15, 0.2) is 22.8 Å². The molecule has 1 aromatic heterocycles. The molecule has 72 valence electrons. The lowest BCUT2D eigenvalue weighted by atomic mass is 10.4. The second-order valence-electron chi connectivity index (χ2n) is 2.90. The van der Waals surface area contributed by atoms with Crippen LogP contribution in [-0.4, -0.2) is 23.1 Å². The Balaban J connectivity index is 2.20. The SMILES string of the molecule is C#CCN1C(=O)CSC1c1ccco1. The molecule has 2 rings (SSSR count).